The molecule has 0 spiro atoms. The highest BCUT2D eigenvalue weighted by atomic mass is 32.2. The van der Waals surface area contributed by atoms with Crippen molar-refractivity contribution in [1.82, 2.24) is 29.9 Å². The lowest BCUT2D eigenvalue weighted by molar-refractivity contribution is 0.306. The molecule has 0 aliphatic heterocycles. The molecular formula is C22H24FN7O2S. The van der Waals surface area contributed by atoms with E-state index in [9.17, 15) is 12.8 Å². The summed E-state index contributed by atoms with van der Waals surface area (Å²) in [5.41, 5.74) is 2.95. The first-order chi connectivity index (χ1) is 15.7. The number of aromatic nitrogens is 5. The number of nitrogens with one attached hydrogen (secondary N) is 1. The van der Waals surface area contributed by atoms with Crippen LogP contribution in [0.1, 0.15) is 28.6 Å². The van der Waals surface area contributed by atoms with Crippen molar-refractivity contribution in [2.75, 3.05) is 7.05 Å². The Morgan fingerprint density at radius 3 is 2.52 bits per heavy atom. The number of hydrogen-bond donors (Lipinski definition) is 2. The Bertz CT molecular complexity index is 1370. The molecule has 0 fully saturated rings. The lowest BCUT2D eigenvalue weighted by Crippen LogP contribution is -2.18. The molecule has 0 unspecified atom stereocenters. The van der Waals surface area contributed by atoms with Gasteiger partial charge in [0, 0.05) is 18.7 Å². The number of halogens is 1. The first-order valence-corrected chi connectivity index (χ1v) is 11.7. The summed E-state index contributed by atoms with van der Waals surface area (Å²) in [4.78, 5) is 6.35. The second-order valence-corrected chi connectivity index (χ2v) is 9.45. The maximum absolute atomic E-state index is 14.9. The van der Waals surface area contributed by atoms with Crippen LogP contribution in [0.15, 0.2) is 59.5 Å². The maximum atomic E-state index is 14.9. The Morgan fingerprint density at radius 2 is 1.88 bits per heavy atom. The number of nitrogens with two attached hydrogens (primary N) is 1. The fraction of sp³-hybridized carbons (Fsp3) is 0.227. The summed E-state index contributed by atoms with van der Waals surface area (Å²) in [6.07, 6.45) is 0.423. The van der Waals surface area contributed by atoms with Crippen LogP contribution in [0.2, 0.25) is 0 Å². The smallest absolute Gasteiger partial charge is 0.238 e. The summed E-state index contributed by atoms with van der Waals surface area (Å²) in [6.45, 7) is 2.94. The fourth-order valence-corrected chi connectivity index (χ4v) is 4.04. The van der Waals surface area contributed by atoms with Gasteiger partial charge in [0.2, 0.25) is 10.0 Å². The van der Waals surface area contributed by atoms with E-state index in [0.717, 1.165) is 23.0 Å². The molecule has 0 saturated heterocycles. The number of nitrogens with zero attached hydrogens (tertiary/aromatic N) is 5. The van der Waals surface area contributed by atoms with E-state index in [1.165, 1.54) is 16.8 Å². The number of rotatable bonds is 8. The van der Waals surface area contributed by atoms with Crippen molar-refractivity contribution in [2.45, 2.75) is 31.3 Å². The monoisotopic (exact) mass is 469 g/mol. The molecule has 9 nitrogen and oxygen atoms in total. The van der Waals surface area contributed by atoms with Crippen LogP contribution in [0.25, 0.3) is 5.69 Å². The summed E-state index contributed by atoms with van der Waals surface area (Å²) in [7, 11) is -2.10. The Morgan fingerprint density at radius 1 is 1.12 bits per heavy atom. The SMILES string of the molecule is Cc1cc(CN(C)Cc2nc(Cc3ccccc3)n(-c3ccc(S(N)(=O)=O)cc3F)n2)n[nH]1. The molecule has 0 radical (unpaired) electrons. The minimum absolute atomic E-state index is 0.0951. The van der Waals surface area contributed by atoms with Gasteiger partial charge < -0.3 is 0 Å². The largest absolute Gasteiger partial charge is 0.293 e. The third-order valence-electron chi connectivity index (χ3n) is 5.00. The van der Waals surface area contributed by atoms with Gasteiger partial charge in [-0.2, -0.15) is 5.10 Å². The zero-order chi connectivity index (χ0) is 23.6. The topological polar surface area (TPSA) is 123 Å². The molecule has 2 aromatic carbocycles. The van der Waals surface area contributed by atoms with E-state index >= 15 is 0 Å². The molecule has 0 saturated carbocycles. The number of aromatic amines is 1. The number of benzene rings is 2. The summed E-state index contributed by atoms with van der Waals surface area (Å²) in [5, 5.41) is 16.8. The third kappa shape index (κ3) is 5.51. The molecular weight excluding hydrogens is 445 g/mol. The van der Waals surface area contributed by atoms with Crippen molar-refractivity contribution in [1.29, 1.82) is 0 Å². The van der Waals surface area contributed by atoms with E-state index < -0.39 is 15.8 Å². The molecule has 33 heavy (non-hydrogen) atoms. The van der Waals surface area contributed by atoms with E-state index in [4.69, 9.17) is 5.14 Å². The number of H-pyrrole nitrogens is 1. The van der Waals surface area contributed by atoms with Crippen molar-refractivity contribution in [3.05, 3.63) is 89.0 Å². The molecule has 3 N–H and O–H groups in total. The average molecular weight is 470 g/mol. The molecule has 172 valence electrons. The van der Waals surface area contributed by atoms with Crippen LogP contribution < -0.4 is 5.14 Å². The molecule has 4 rings (SSSR count). The highest BCUT2D eigenvalue weighted by Gasteiger charge is 2.19. The highest BCUT2D eigenvalue weighted by Crippen LogP contribution is 2.20. The van der Waals surface area contributed by atoms with Gasteiger partial charge >= 0.3 is 0 Å². The quantitative estimate of drug-likeness (QED) is 0.408. The lowest BCUT2D eigenvalue weighted by Gasteiger charge is -2.12. The molecule has 0 aliphatic carbocycles. The van der Waals surface area contributed by atoms with Crippen LogP contribution in [0.3, 0.4) is 0 Å². The predicted molar refractivity (Wildman–Crippen MR) is 120 cm³/mol. The van der Waals surface area contributed by atoms with Crippen LogP contribution in [0.5, 0.6) is 0 Å². The molecule has 0 atom stereocenters. The summed E-state index contributed by atoms with van der Waals surface area (Å²) in [6, 6.07) is 15.1. The minimum atomic E-state index is -4.02. The first-order valence-electron chi connectivity index (χ1n) is 10.2. The van der Waals surface area contributed by atoms with E-state index in [0.29, 0.717) is 31.2 Å². The van der Waals surface area contributed by atoms with Gasteiger partial charge in [-0.3, -0.25) is 10.00 Å². The molecule has 0 amide bonds. The van der Waals surface area contributed by atoms with Crippen molar-refractivity contribution >= 4 is 10.0 Å². The molecule has 0 aliphatic rings. The van der Waals surface area contributed by atoms with Gasteiger partial charge in [-0.1, -0.05) is 30.3 Å². The molecule has 2 aromatic heterocycles. The van der Waals surface area contributed by atoms with Crippen LogP contribution in [-0.2, 0) is 29.5 Å². The fourth-order valence-electron chi connectivity index (χ4n) is 3.51. The minimum Gasteiger partial charge on any atom is -0.293 e. The average Bonchev–Trinajstić information content (AvgIpc) is 3.33. The summed E-state index contributed by atoms with van der Waals surface area (Å²) >= 11 is 0. The van der Waals surface area contributed by atoms with Crippen LogP contribution >= 0.6 is 0 Å². The standard InChI is InChI=1S/C22H24FN7O2S/c1-15-10-17(27-26-15)13-29(2)14-21-25-22(11-16-6-4-3-5-7-16)30(28-21)20-9-8-18(12-19(20)23)33(24,31)32/h3-10,12H,11,13-14H2,1-2H3,(H,26,27)(H2,24,31,32). The second-order valence-electron chi connectivity index (χ2n) is 7.89. The Balaban J connectivity index is 1.66. The number of sulfonamides is 1. The second kappa shape index (κ2) is 9.22. The zero-order valence-corrected chi connectivity index (χ0v) is 19.1. The summed E-state index contributed by atoms with van der Waals surface area (Å²) < 4.78 is 39.5. The van der Waals surface area contributed by atoms with Crippen LogP contribution in [-0.4, -0.2) is 45.3 Å². The van der Waals surface area contributed by atoms with Gasteiger partial charge in [-0.25, -0.2) is 27.6 Å². The van der Waals surface area contributed by atoms with Crippen molar-refractivity contribution in [3.8, 4) is 5.69 Å². The van der Waals surface area contributed by atoms with Gasteiger partial charge in [0.05, 0.1) is 17.1 Å². The van der Waals surface area contributed by atoms with Gasteiger partial charge in [-0.15, -0.1) is 5.10 Å². The van der Waals surface area contributed by atoms with Gasteiger partial charge in [0.1, 0.15) is 17.3 Å². The van der Waals surface area contributed by atoms with E-state index in [2.05, 4.69) is 20.3 Å². The molecule has 11 heteroatoms. The lowest BCUT2D eigenvalue weighted by atomic mass is 10.1. The van der Waals surface area contributed by atoms with Gasteiger partial charge in [0.15, 0.2) is 5.82 Å². The number of primary sulfonamides is 1. The van der Waals surface area contributed by atoms with Gasteiger partial charge in [-0.05, 0) is 43.8 Å². The van der Waals surface area contributed by atoms with Crippen LogP contribution in [0.4, 0.5) is 4.39 Å². The predicted octanol–water partition coefficient (Wildman–Crippen LogP) is 2.31. The van der Waals surface area contributed by atoms with Gasteiger partial charge in [0.25, 0.3) is 0 Å². The highest BCUT2D eigenvalue weighted by molar-refractivity contribution is 7.89. The Hall–Kier alpha value is -3.41. The molecule has 0 bridgehead atoms. The molecule has 4 aromatic rings. The third-order valence-corrected chi connectivity index (χ3v) is 5.91. The first kappa shape index (κ1) is 22.8. The van der Waals surface area contributed by atoms with E-state index in [1.54, 1.807) is 0 Å². The summed E-state index contributed by atoms with van der Waals surface area (Å²) in [5.74, 6) is 0.278. The van der Waals surface area contributed by atoms with Crippen molar-refractivity contribution in [3.63, 3.8) is 0 Å². The maximum Gasteiger partial charge on any atom is 0.238 e. The Kier molecular flexibility index (Phi) is 6.36. The van der Waals surface area contributed by atoms with Crippen molar-refractivity contribution in [2.24, 2.45) is 5.14 Å². The number of hydrogen-bond acceptors (Lipinski definition) is 6. The van der Waals surface area contributed by atoms with E-state index in [1.807, 2.05) is 55.3 Å². The normalized spacial score (nSPS) is 11.9. The van der Waals surface area contributed by atoms with Crippen LogP contribution in [0, 0.1) is 12.7 Å². The molecule has 2 heterocycles. The van der Waals surface area contributed by atoms with E-state index in [-0.39, 0.29) is 10.6 Å². The number of aryl methyl sites for hydroxylation is 1. The zero-order valence-electron chi connectivity index (χ0n) is 18.2. The van der Waals surface area contributed by atoms with Crippen molar-refractivity contribution < 1.29 is 12.8 Å². The Labute approximate surface area is 191 Å².